The molecule has 3 aromatic heterocycles. The predicted molar refractivity (Wildman–Crippen MR) is 117 cm³/mol. The van der Waals surface area contributed by atoms with Gasteiger partial charge < -0.3 is 9.47 Å². The van der Waals surface area contributed by atoms with Gasteiger partial charge >= 0.3 is 0 Å². The monoisotopic (exact) mass is 401 g/mol. The number of thiophene rings is 1. The maximum absolute atomic E-state index is 13.8. The highest BCUT2D eigenvalue weighted by molar-refractivity contribution is 7.10. The third kappa shape index (κ3) is 3.15. The Hall–Kier alpha value is -2.92. The number of hydrogen-bond donors (Lipinski definition) is 0. The first-order chi connectivity index (χ1) is 14.3. The van der Waals surface area contributed by atoms with Crippen LogP contribution in [0.3, 0.4) is 0 Å². The van der Waals surface area contributed by atoms with Crippen LogP contribution in [0.4, 0.5) is 0 Å². The lowest BCUT2D eigenvalue weighted by molar-refractivity contribution is 0.0666. The van der Waals surface area contributed by atoms with E-state index in [1.165, 1.54) is 10.4 Å². The summed E-state index contributed by atoms with van der Waals surface area (Å²) in [5.41, 5.74) is 4.46. The fraction of sp³-hybridized carbons (Fsp3) is 0.250. The summed E-state index contributed by atoms with van der Waals surface area (Å²) in [5.74, 6) is 0.126. The van der Waals surface area contributed by atoms with Crippen LogP contribution in [-0.2, 0) is 19.4 Å². The number of carbonyl (C=O) groups is 1. The molecule has 0 saturated heterocycles. The van der Waals surface area contributed by atoms with Crippen molar-refractivity contribution in [1.82, 2.24) is 14.5 Å². The zero-order valence-corrected chi connectivity index (χ0v) is 17.2. The molecule has 5 heteroatoms. The minimum absolute atomic E-state index is 0.0548. The van der Waals surface area contributed by atoms with Crippen LogP contribution in [-0.4, -0.2) is 26.9 Å². The van der Waals surface area contributed by atoms with E-state index in [0.717, 1.165) is 48.0 Å². The van der Waals surface area contributed by atoms with Crippen molar-refractivity contribution >= 4 is 28.1 Å². The molecule has 0 aliphatic carbocycles. The lowest BCUT2D eigenvalue weighted by atomic mass is 9.95. The minimum Gasteiger partial charge on any atom is -0.347 e. The standard InChI is InChI=1S/C24H23N3OS/c1-2-26-16-20(19-7-3-4-8-21(19)26)24(28)27-12-9-18-10-13-29-23(18)22(27)14-17-6-5-11-25-15-17/h3-8,10-11,13,15-16,22H,2,9,12,14H2,1H3. The second kappa shape index (κ2) is 7.48. The number of fused-ring (bicyclic) bond motifs is 2. The van der Waals surface area contributed by atoms with Gasteiger partial charge in [0.15, 0.2) is 0 Å². The molecule has 4 heterocycles. The van der Waals surface area contributed by atoms with Gasteiger partial charge in [-0.15, -0.1) is 11.3 Å². The van der Waals surface area contributed by atoms with Crippen LogP contribution in [0.15, 0.2) is 66.4 Å². The second-order valence-corrected chi connectivity index (χ2v) is 8.43. The molecule has 29 heavy (non-hydrogen) atoms. The van der Waals surface area contributed by atoms with Crippen LogP contribution < -0.4 is 0 Å². The van der Waals surface area contributed by atoms with Gasteiger partial charge in [0.25, 0.3) is 5.91 Å². The molecule has 1 aliphatic heterocycles. The predicted octanol–water partition coefficient (Wildman–Crippen LogP) is 5.10. The minimum atomic E-state index is 0.0548. The molecule has 4 aromatic rings. The van der Waals surface area contributed by atoms with Crippen molar-refractivity contribution in [2.45, 2.75) is 32.4 Å². The molecule has 0 N–H and O–H groups in total. The average molecular weight is 402 g/mol. The molecule has 0 spiro atoms. The quantitative estimate of drug-likeness (QED) is 0.477. The van der Waals surface area contributed by atoms with Gasteiger partial charge in [-0.2, -0.15) is 0 Å². The largest absolute Gasteiger partial charge is 0.347 e. The summed E-state index contributed by atoms with van der Waals surface area (Å²) in [6.45, 7) is 3.71. The molecule has 146 valence electrons. The van der Waals surface area contributed by atoms with Crippen molar-refractivity contribution in [2.75, 3.05) is 6.54 Å². The lowest BCUT2D eigenvalue weighted by Gasteiger charge is -2.36. The van der Waals surface area contributed by atoms with Gasteiger partial charge in [-0.05, 0) is 54.5 Å². The Bertz CT molecular complexity index is 1160. The molecule has 1 aliphatic rings. The van der Waals surface area contributed by atoms with Crippen molar-refractivity contribution in [2.24, 2.45) is 0 Å². The van der Waals surface area contributed by atoms with E-state index < -0.39 is 0 Å². The van der Waals surface area contributed by atoms with Crippen molar-refractivity contribution in [3.63, 3.8) is 0 Å². The topological polar surface area (TPSA) is 38.1 Å². The zero-order chi connectivity index (χ0) is 19.8. The highest BCUT2D eigenvalue weighted by atomic mass is 32.1. The third-order valence-corrected chi connectivity index (χ3v) is 6.91. The van der Waals surface area contributed by atoms with E-state index in [1.54, 1.807) is 17.5 Å². The van der Waals surface area contributed by atoms with E-state index >= 15 is 0 Å². The summed E-state index contributed by atoms with van der Waals surface area (Å²) < 4.78 is 2.17. The van der Waals surface area contributed by atoms with Gasteiger partial charge in [-0.1, -0.05) is 24.3 Å². The fourth-order valence-electron chi connectivity index (χ4n) is 4.41. The number of amides is 1. The maximum atomic E-state index is 13.8. The molecule has 5 rings (SSSR count). The van der Waals surface area contributed by atoms with Crippen molar-refractivity contribution in [3.05, 3.63) is 88.0 Å². The van der Waals surface area contributed by atoms with Gasteiger partial charge in [-0.3, -0.25) is 9.78 Å². The SMILES string of the molecule is CCn1cc(C(=O)N2CCc3ccsc3C2Cc2cccnc2)c2ccccc21. The Labute approximate surface area is 174 Å². The van der Waals surface area contributed by atoms with E-state index in [0.29, 0.717) is 0 Å². The second-order valence-electron chi connectivity index (χ2n) is 7.49. The first-order valence-corrected chi connectivity index (χ1v) is 11.0. The van der Waals surface area contributed by atoms with Gasteiger partial charge in [0.2, 0.25) is 0 Å². The fourth-order valence-corrected chi connectivity index (χ4v) is 5.47. The van der Waals surface area contributed by atoms with Crippen LogP contribution in [0.25, 0.3) is 10.9 Å². The van der Waals surface area contributed by atoms with Gasteiger partial charge in [0.05, 0.1) is 11.6 Å². The number of aromatic nitrogens is 2. The number of para-hydroxylation sites is 1. The van der Waals surface area contributed by atoms with E-state index in [2.05, 4.69) is 51.0 Å². The third-order valence-electron chi connectivity index (χ3n) is 5.85. The molecular formula is C24H23N3OS. The van der Waals surface area contributed by atoms with E-state index in [9.17, 15) is 4.79 Å². The average Bonchev–Trinajstić information content (AvgIpc) is 3.39. The molecule has 1 aromatic carbocycles. The first kappa shape index (κ1) is 18.1. The van der Waals surface area contributed by atoms with Crippen molar-refractivity contribution in [3.8, 4) is 0 Å². The number of hydrogen-bond acceptors (Lipinski definition) is 3. The molecule has 0 radical (unpaired) electrons. The van der Waals surface area contributed by atoms with Crippen LogP contribution in [0, 0.1) is 0 Å². The zero-order valence-electron chi connectivity index (χ0n) is 16.4. The summed E-state index contributed by atoms with van der Waals surface area (Å²) in [6, 6.07) is 14.5. The van der Waals surface area contributed by atoms with E-state index in [4.69, 9.17) is 0 Å². The van der Waals surface area contributed by atoms with Crippen molar-refractivity contribution in [1.29, 1.82) is 0 Å². The van der Waals surface area contributed by atoms with Crippen LogP contribution >= 0.6 is 11.3 Å². The summed E-state index contributed by atoms with van der Waals surface area (Å²) in [4.78, 5) is 21.4. The summed E-state index contributed by atoms with van der Waals surface area (Å²) in [7, 11) is 0. The molecule has 0 saturated carbocycles. The summed E-state index contributed by atoms with van der Waals surface area (Å²) in [5, 5.41) is 3.19. The first-order valence-electron chi connectivity index (χ1n) is 10.1. The Morgan fingerprint density at radius 2 is 2.10 bits per heavy atom. The van der Waals surface area contributed by atoms with Crippen molar-refractivity contribution < 1.29 is 4.79 Å². The van der Waals surface area contributed by atoms with Crippen LogP contribution in [0.1, 0.15) is 39.3 Å². The molecule has 4 nitrogen and oxygen atoms in total. The Morgan fingerprint density at radius 1 is 1.21 bits per heavy atom. The normalized spacial score (nSPS) is 16.2. The van der Waals surface area contributed by atoms with Crippen LogP contribution in [0.2, 0.25) is 0 Å². The Morgan fingerprint density at radius 3 is 2.93 bits per heavy atom. The highest BCUT2D eigenvalue weighted by Gasteiger charge is 2.33. The lowest BCUT2D eigenvalue weighted by Crippen LogP contribution is -2.40. The number of nitrogens with zero attached hydrogens (tertiary/aromatic N) is 3. The number of carbonyl (C=O) groups excluding carboxylic acids is 1. The molecule has 1 atom stereocenters. The number of benzene rings is 1. The number of aryl methyl sites for hydroxylation is 1. The summed E-state index contributed by atoms with van der Waals surface area (Å²) in [6.07, 6.45) is 7.44. The molecule has 1 unspecified atom stereocenters. The molecular weight excluding hydrogens is 378 g/mol. The number of rotatable bonds is 4. The van der Waals surface area contributed by atoms with Gasteiger partial charge in [0.1, 0.15) is 0 Å². The highest BCUT2D eigenvalue weighted by Crippen LogP contribution is 2.37. The van der Waals surface area contributed by atoms with Gasteiger partial charge in [0, 0.05) is 47.5 Å². The van der Waals surface area contributed by atoms with E-state index in [1.807, 2.05) is 30.6 Å². The molecule has 1 amide bonds. The maximum Gasteiger partial charge on any atom is 0.256 e. The Balaban J connectivity index is 1.56. The number of pyridine rings is 1. The molecule has 0 bridgehead atoms. The van der Waals surface area contributed by atoms with Gasteiger partial charge in [-0.25, -0.2) is 0 Å². The van der Waals surface area contributed by atoms with E-state index in [-0.39, 0.29) is 11.9 Å². The molecule has 0 fully saturated rings. The smallest absolute Gasteiger partial charge is 0.256 e. The summed E-state index contributed by atoms with van der Waals surface area (Å²) >= 11 is 1.76. The Kier molecular flexibility index (Phi) is 4.68. The van der Waals surface area contributed by atoms with Crippen LogP contribution in [0.5, 0.6) is 0 Å².